The van der Waals surface area contributed by atoms with Gasteiger partial charge in [-0.1, -0.05) is 11.6 Å². The Balaban J connectivity index is 1.92. The van der Waals surface area contributed by atoms with Crippen LogP contribution in [-0.4, -0.2) is 22.0 Å². The molecule has 0 aliphatic rings. The number of anilines is 1. The Morgan fingerprint density at radius 2 is 2.26 bits per heavy atom. The van der Waals surface area contributed by atoms with Crippen LogP contribution in [0.4, 0.5) is 5.69 Å². The van der Waals surface area contributed by atoms with E-state index in [2.05, 4.69) is 10.3 Å². The van der Waals surface area contributed by atoms with Crippen LogP contribution in [0, 0.1) is 0 Å². The number of nitrogens with one attached hydrogen (secondary N) is 1. The first-order valence-electron chi connectivity index (χ1n) is 5.87. The van der Waals surface area contributed by atoms with Crippen molar-refractivity contribution < 1.29 is 4.79 Å². The predicted octanol–water partition coefficient (Wildman–Crippen LogP) is 1.63. The number of aromatic nitrogens is 2. The molecule has 0 radical (unpaired) electrons. The van der Waals surface area contributed by atoms with Crippen LogP contribution in [0.15, 0.2) is 30.6 Å². The Labute approximate surface area is 116 Å². The minimum atomic E-state index is -0.191. The molecule has 0 spiro atoms. The number of amides is 1. The Hall–Kier alpha value is -2.01. The maximum absolute atomic E-state index is 11.9. The summed E-state index contributed by atoms with van der Waals surface area (Å²) in [5, 5.41) is 3.27. The second kappa shape index (κ2) is 5.75. The van der Waals surface area contributed by atoms with Crippen molar-refractivity contribution in [3.63, 3.8) is 0 Å². The molecule has 0 atom stereocenters. The lowest BCUT2D eigenvalue weighted by atomic mass is 10.2. The number of rotatable bonds is 4. The highest BCUT2D eigenvalue weighted by atomic mass is 35.5. The second-order valence-corrected chi connectivity index (χ2v) is 4.67. The molecule has 1 aromatic heterocycles. The summed E-state index contributed by atoms with van der Waals surface area (Å²) in [5.74, 6) is 0.731. The fraction of sp³-hybridized carbons (Fsp3) is 0.231. The Morgan fingerprint density at radius 3 is 2.89 bits per heavy atom. The third-order valence-electron chi connectivity index (χ3n) is 2.74. The van der Waals surface area contributed by atoms with E-state index in [9.17, 15) is 4.79 Å². The monoisotopic (exact) mass is 278 g/mol. The Morgan fingerprint density at radius 1 is 1.47 bits per heavy atom. The molecule has 0 aliphatic heterocycles. The molecule has 0 bridgehead atoms. The lowest BCUT2D eigenvalue weighted by Gasteiger charge is -2.06. The molecule has 0 saturated heterocycles. The van der Waals surface area contributed by atoms with Gasteiger partial charge in [0.25, 0.3) is 5.91 Å². The number of hydrogen-bond acceptors (Lipinski definition) is 3. The average Bonchev–Trinajstić information content (AvgIpc) is 2.74. The van der Waals surface area contributed by atoms with Crippen LogP contribution in [0.25, 0.3) is 0 Å². The van der Waals surface area contributed by atoms with Crippen molar-refractivity contribution in [2.24, 2.45) is 7.05 Å². The van der Waals surface area contributed by atoms with Crippen molar-refractivity contribution in [3.05, 3.63) is 47.0 Å². The third kappa shape index (κ3) is 3.48. The van der Waals surface area contributed by atoms with Gasteiger partial charge in [0.05, 0.1) is 0 Å². The van der Waals surface area contributed by atoms with Gasteiger partial charge >= 0.3 is 0 Å². The molecular weight excluding hydrogens is 264 g/mol. The molecular formula is C13H15ClN4O. The summed E-state index contributed by atoms with van der Waals surface area (Å²) < 4.78 is 1.92. The summed E-state index contributed by atoms with van der Waals surface area (Å²) in [6.45, 7) is 0.510. The molecule has 6 heteroatoms. The minimum Gasteiger partial charge on any atom is -0.399 e. The van der Waals surface area contributed by atoms with Crippen LogP contribution in [-0.2, 0) is 13.5 Å². The first-order chi connectivity index (χ1) is 9.06. The number of nitrogen functional groups attached to an aromatic ring is 1. The number of imidazole rings is 1. The van der Waals surface area contributed by atoms with Crippen molar-refractivity contribution in [2.45, 2.75) is 6.42 Å². The number of nitrogens with zero attached hydrogens (tertiary/aromatic N) is 2. The molecule has 100 valence electrons. The second-order valence-electron chi connectivity index (χ2n) is 4.23. The van der Waals surface area contributed by atoms with E-state index in [1.807, 2.05) is 17.8 Å². The van der Waals surface area contributed by atoms with E-state index in [0.29, 0.717) is 29.2 Å². The van der Waals surface area contributed by atoms with Gasteiger partial charge in [0.15, 0.2) is 0 Å². The van der Waals surface area contributed by atoms with Gasteiger partial charge < -0.3 is 15.6 Å². The molecule has 0 unspecified atom stereocenters. The molecule has 1 aromatic carbocycles. The molecule has 0 saturated carbocycles. The first kappa shape index (κ1) is 13.4. The maximum atomic E-state index is 11.9. The van der Waals surface area contributed by atoms with E-state index in [-0.39, 0.29) is 5.91 Å². The third-order valence-corrected chi connectivity index (χ3v) is 2.96. The van der Waals surface area contributed by atoms with E-state index in [0.717, 1.165) is 5.82 Å². The summed E-state index contributed by atoms with van der Waals surface area (Å²) in [6, 6.07) is 4.79. The van der Waals surface area contributed by atoms with Gasteiger partial charge in [-0.2, -0.15) is 0 Å². The number of halogens is 1. The van der Waals surface area contributed by atoms with E-state index in [1.165, 1.54) is 0 Å². The van der Waals surface area contributed by atoms with Gasteiger partial charge in [-0.3, -0.25) is 4.79 Å². The van der Waals surface area contributed by atoms with Gasteiger partial charge in [-0.15, -0.1) is 0 Å². The smallest absolute Gasteiger partial charge is 0.251 e. The molecule has 0 aliphatic carbocycles. The maximum Gasteiger partial charge on any atom is 0.251 e. The van der Waals surface area contributed by atoms with Crippen LogP contribution in [0.5, 0.6) is 0 Å². The van der Waals surface area contributed by atoms with Crippen molar-refractivity contribution >= 4 is 23.2 Å². The number of aryl methyl sites for hydroxylation is 1. The lowest BCUT2D eigenvalue weighted by molar-refractivity contribution is 0.0954. The molecule has 0 fully saturated rings. The van der Waals surface area contributed by atoms with Crippen LogP contribution in [0.3, 0.4) is 0 Å². The fourth-order valence-electron chi connectivity index (χ4n) is 1.77. The number of carbonyl (C=O) groups is 1. The minimum absolute atomic E-state index is 0.191. The van der Waals surface area contributed by atoms with E-state index in [1.54, 1.807) is 24.4 Å². The Bertz CT molecular complexity index is 574. The van der Waals surface area contributed by atoms with Crippen LogP contribution >= 0.6 is 11.6 Å². The highest BCUT2D eigenvalue weighted by Gasteiger charge is 2.07. The molecule has 2 aromatic rings. The summed E-state index contributed by atoms with van der Waals surface area (Å²) >= 11 is 5.86. The van der Waals surface area contributed by atoms with Crippen LogP contribution in [0.1, 0.15) is 16.2 Å². The number of hydrogen-bond donors (Lipinski definition) is 2. The van der Waals surface area contributed by atoms with E-state index < -0.39 is 0 Å². The van der Waals surface area contributed by atoms with Gasteiger partial charge in [0.2, 0.25) is 0 Å². The van der Waals surface area contributed by atoms with Gasteiger partial charge in [0.1, 0.15) is 5.82 Å². The normalized spacial score (nSPS) is 10.4. The standard InChI is InChI=1S/C13H15ClN4O/c1-18-5-4-16-12(18)2-3-17-13(19)9-6-10(14)8-11(15)7-9/h4-8H,2-3,15H2,1H3,(H,17,19). The zero-order chi connectivity index (χ0) is 13.8. The molecule has 19 heavy (non-hydrogen) atoms. The number of nitrogens with two attached hydrogens (primary N) is 1. The fourth-order valence-corrected chi connectivity index (χ4v) is 2.01. The van der Waals surface area contributed by atoms with Gasteiger partial charge in [0, 0.05) is 48.7 Å². The van der Waals surface area contributed by atoms with Crippen molar-refractivity contribution in [3.8, 4) is 0 Å². The molecule has 5 nitrogen and oxygen atoms in total. The topological polar surface area (TPSA) is 72.9 Å². The van der Waals surface area contributed by atoms with E-state index in [4.69, 9.17) is 17.3 Å². The molecule has 1 heterocycles. The molecule has 1 amide bonds. The van der Waals surface area contributed by atoms with Crippen molar-refractivity contribution in [1.82, 2.24) is 14.9 Å². The summed E-state index contributed by atoms with van der Waals surface area (Å²) in [6.07, 6.45) is 4.27. The Kier molecular flexibility index (Phi) is 4.06. The summed E-state index contributed by atoms with van der Waals surface area (Å²) in [7, 11) is 1.92. The molecule has 3 N–H and O–H groups in total. The van der Waals surface area contributed by atoms with Gasteiger partial charge in [-0.25, -0.2) is 4.98 Å². The lowest BCUT2D eigenvalue weighted by Crippen LogP contribution is -2.26. The summed E-state index contributed by atoms with van der Waals surface area (Å²) in [4.78, 5) is 16.1. The van der Waals surface area contributed by atoms with E-state index >= 15 is 0 Å². The first-order valence-corrected chi connectivity index (χ1v) is 6.24. The molecule has 2 rings (SSSR count). The highest BCUT2D eigenvalue weighted by molar-refractivity contribution is 6.31. The van der Waals surface area contributed by atoms with Crippen molar-refractivity contribution in [2.75, 3.05) is 12.3 Å². The predicted molar refractivity (Wildman–Crippen MR) is 75.1 cm³/mol. The van der Waals surface area contributed by atoms with Crippen LogP contribution in [0.2, 0.25) is 5.02 Å². The highest BCUT2D eigenvalue weighted by Crippen LogP contribution is 2.16. The quantitative estimate of drug-likeness (QED) is 0.835. The summed E-state index contributed by atoms with van der Waals surface area (Å²) in [5.41, 5.74) is 6.58. The number of benzene rings is 1. The van der Waals surface area contributed by atoms with Crippen LogP contribution < -0.4 is 11.1 Å². The zero-order valence-corrected chi connectivity index (χ0v) is 11.3. The average molecular weight is 279 g/mol. The number of carbonyl (C=O) groups excluding carboxylic acids is 1. The zero-order valence-electron chi connectivity index (χ0n) is 10.6. The van der Waals surface area contributed by atoms with Crippen molar-refractivity contribution in [1.29, 1.82) is 0 Å². The van der Waals surface area contributed by atoms with Gasteiger partial charge in [-0.05, 0) is 18.2 Å². The largest absolute Gasteiger partial charge is 0.399 e. The SMILES string of the molecule is Cn1ccnc1CCNC(=O)c1cc(N)cc(Cl)c1.